The van der Waals surface area contributed by atoms with Crippen LogP contribution in [0.4, 0.5) is 36.7 Å². The monoisotopic (exact) mass is 867 g/mol. The number of aromatic nitrogens is 8. The molecule has 0 aliphatic rings. The van der Waals surface area contributed by atoms with Gasteiger partial charge in [0.05, 0.1) is 29.6 Å². The highest BCUT2D eigenvalue weighted by Gasteiger charge is 2.31. The van der Waals surface area contributed by atoms with Crippen molar-refractivity contribution in [1.29, 1.82) is 0 Å². The number of alkyl halides is 6. The largest absolute Gasteiger partial charge is 0.416 e. The van der Waals surface area contributed by atoms with E-state index in [1.165, 1.54) is 21.8 Å². The van der Waals surface area contributed by atoms with E-state index in [1.807, 2.05) is 0 Å². The first-order valence-electron chi connectivity index (χ1n) is 17.1. The van der Waals surface area contributed by atoms with E-state index in [0.717, 1.165) is 23.9 Å². The summed E-state index contributed by atoms with van der Waals surface area (Å²) < 4.78 is 95.3. The molecular formula is C37H30Cl2F7N9O2S. The molecule has 0 aliphatic carbocycles. The maximum atomic E-state index is 14.1. The number of benzene rings is 3. The number of imidazole rings is 2. The molecular weight excluding hydrogens is 838 g/mol. The third kappa shape index (κ3) is 9.65. The van der Waals surface area contributed by atoms with Gasteiger partial charge in [-0.05, 0) is 79.1 Å². The van der Waals surface area contributed by atoms with Gasteiger partial charge in [0.15, 0.2) is 27.5 Å². The number of nitrogens with zero attached hydrogens (tertiary/aromatic N) is 8. The van der Waals surface area contributed by atoms with Crippen LogP contribution < -0.4 is 16.4 Å². The third-order valence-electron chi connectivity index (χ3n) is 8.50. The molecule has 0 spiro atoms. The Kier molecular flexibility index (Phi) is 12.5. The molecule has 4 heterocycles. The maximum Gasteiger partial charge on any atom is 0.416 e. The standard InChI is InChI=1S/C21H16ClF4N5O.C16H14ClF3N4OS/c1-30-11-28-17-18(30)29-20(31(19(17)32)15-6-4-14(22)5-7-15)27-9-8-12-2-3-13(10-16(12)23)21(24,25)26;1-23-9-21-12-13(23)22-15(26-8-2-7-16(18,19)20)24(14(12)25)11-5-3-10(17)4-6-11/h2-7,10-11H,8-9H2,1H3,(H,27,29);3-6,9H,2,7-8H2,1H3. The summed E-state index contributed by atoms with van der Waals surface area (Å²) in [6.07, 6.45) is -6.74. The summed E-state index contributed by atoms with van der Waals surface area (Å²) in [6.45, 7) is 0.117. The molecule has 0 radical (unpaired) electrons. The van der Waals surface area contributed by atoms with E-state index < -0.39 is 35.7 Å². The van der Waals surface area contributed by atoms with Crippen LogP contribution >= 0.6 is 35.0 Å². The van der Waals surface area contributed by atoms with Crippen molar-refractivity contribution in [2.24, 2.45) is 14.1 Å². The van der Waals surface area contributed by atoms with Crippen LogP contribution in [0.25, 0.3) is 33.7 Å². The first-order chi connectivity index (χ1) is 27.4. The van der Waals surface area contributed by atoms with Gasteiger partial charge in [0.1, 0.15) is 5.82 Å². The fourth-order valence-corrected chi connectivity index (χ4v) is 6.82. The van der Waals surface area contributed by atoms with Crippen LogP contribution in [0.2, 0.25) is 10.0 Å². The highest BCUT2D eigenvalue weighted by molar-refractivity contribution is 7.99. The smallest absolute Gasteiger partial charge is 0.355 e. The average molecular weight is 869 g/mol. The van der Waals surface area contributed by atoms with Crippen molar-refractivity contribution in [1.82, 2.24) is 38.2 Å². The normalized spacial score (nSPS) is 11.9. The van der Waals surface area contributed by atoms with Gasteiger partial charge >= 0.3 is 12.4 Å². The number of hydrogen-bond acceptors (Lipinski definition) is 8. The second-order valence-corrected chi connectivity index (χ2v) is 14.6. The molecule has 21 heteroatoms. The van der Waals surface area contributed by atoms with Crippen LogP contribution in [0, 0.1) is 5.82 Å². The van der Waals surface area contributed by atoms with E-state index in [-0.39, 0.29) is 53.2 Å². The van der Waals surface area contributed by atoms with Gasteiger partial charge in [0.25, 0.3) is 11.1 Å². The lowest BCUT2D eigenvalue weighted by molar-refractivity contribution is -0.138. The van der Waals surface area contributed by atoms with Gasteiger partial charge in [-0.3, -0.25) is 14.2 Å². The number of nitrogens with one attached hydrogen (secondary N) is 1. The molecule has 0 aliphatic heterocycles. The first-order valence-corrected chi connectivity index (χ1v) is 18.8. The Morgan fingerprint density at radius 2 is 1.28 bits per heavy atom. The van der Waals surface area contributed by atoms with Crippen LogP contribution in [-0.4, -0.2) is 56.7 Å². The van der Waals surface area contributed by atoms with E-state index in [9.17, 15) is 40.3 Å². The van der Waals surface area contributed by atoms with Gasteiger partial charge in [-0.15, -0.1) is 0 Å². The number of anilines is 1. The van der Waals surface area contributed by atoms with Crippen LogP contribution in [0.1, 0.15) is 24.0 Å². The Bertz CT molecular complexity index is 2690. The van der Waals surface area contributed by atoms with Gasteiger partial charge < -0.3 is 14.5 Å². The van der Waals surface area contributed by atoms with Gasteiger partial charge in [-0.25, -0.2) is 23.9 Å². The van der Waals surface area contributed by atoms with E-state index >= 15 is 0 Å². The Hall–Kier alpha value is -5.40. The van der Waals surface area contributed by atoms with Crippen molar-refractivity contribution in [2.45, 2.75) is 36.8 Å². The van der Waals surface area contributed by atoms with E-state index in [2.05, 4.69) is 25.3 Å². The number of aryl methyl sites for hydroxylation is 2. The minimum Gasteiger partial charge on any atom is -0.355 e. The SMILES string of the molecule is Cn1cnc2c(=O)n(-c3ccc(Cl)cc3)c(NCCc3ccc(C(F)(F)F)cc3F)nc21.Cn1cnc2c(=O)n(-c3ccc(Cl)cc3)c(SCCCC(F)(F)F)nc21. The quantitative estimate of drug-likeness (QED) is 0.0628. The highest BCUT2D eigenvalue weighted by Crippen LogP contribution is 2.31. The van der Waals surface area contributed by atoms with E-state index in [4.69, 9.17) is 23.2 Å². The molecule has 0 unspecified atom stereocenters. The fourth-order valence-electron chi connectivity index (χ4n) is 5.63. The minimum atomic E-state index is -4.62. The molecule has 0 amide bonds. The van der Waals surface area contributed by atoms with E-state index in [0.29, 0.717) is 43.9 Å². The second-order valence-electron chi connectivity index (χ2n) is 12.7. The summed E-state index contributed by atoms with van der Waals surface area (Å²) in [7, 11) is 3.39. The number of halogens is 9. The van der Waals surface area contributed by atoms with Gasteiger partial charge in [0.2, 0.25) is 5.95 Å². The van der Waals surface area contributed by atoms with Gasteiger partial charge in [0, 0.05) is 42.9 Å². The molecule has 0 atom stereocenters. The van der Waals surface area contributed by atoms with Crippen LogP contribution in [0.3, 0.4) is 0 Å². The zero-order chi connectivity index (χ0) is 41.9. The van der Waals surface area contributed by atoms with Gasteiger partial charge in [-0.2, -0.15) is 31.3 Å². The topological polar surface area (TPSA) is 117 Å². The van der Waals surface area contributed by atoms with Crippen LogP contribution in [0.15, 0.2) is 94.1 Å². The number of fused-ring (bicyclic) bond motifs is 2. The summed E-state index contributed by atoms with van der Waals surface area (Å²) in [5.41, 5.74) is 0.378. The maximum absolute atomic E-state index is 14.1. The lowest BCUT2D eigenvalue weighted by Gasteiger charge is -2.14. The molecule has 1 N–H and O–H groups in total. The van der Waals surface area contributed by atoms with Gasteiger partial charge in [-0.1, -0.05) is 41.0 Å². The summed E-state index contributed by atoms with van der Waals surface area (Å²) in [5.74, 6) is -0.587. The molecule has 0 saturated carbocycles. The fraction of sp³-hybridized carbons (Fsp3) is 0.243. The zero-order valence-electron chi connectivity index (χ0n) is 30.2. The summed E-state index contributed by atoms with van der Waals surface area (Å²) >= 11 is 12.9. The Balaban J connectivity index is 0.000000200. The molecule has 11 nitrogen and oxygen atoms in total. The molecule has 0 saturated heterocycles. The number of hydrogen-bond donors (Lipinski definition) is 1. The zero-order valence-corrected chi connectivity index (χ0v) is 32.6. The second kappa shape index (κ2) is 17.2. The molecule has 3 aromatic carbocycles. The van der Waals surface area contributed by atoms with Crippen molar-refractivity contribution >= 4 is 63.2 Å². The van der Waals surface area contributed by atoms with Crippen LogP contribution in [-0.2, 0) is 26.7 Å². The van der Waals surface area contributed by atoms with Crippen LogP contribution in [0.5, 0.6) is 0 Å². The van der Waals surface area contributed by atoms with Crippen molar-refractivity contribution in [3.05, 3.63) is 127 Å². The Morgan fingerprint density at radius 3 is 1.81 bits per heavy atom. The average Bonchev–Trinajstić information content (AvgIpc) is 3.73. The molecule has 0 fully saturated rings. The summed E-state index contributed by atoms with van der Waals surface area (Å²) in [6, 6.07) is 15.5. The Labute approximate surface area is 338 Å². The number of rotatable bonds is 10. The van der Waals surface area contributed by atoms with E-state index in [1.54, 1.807) is 71.8 Å². The van der Waals surface area contributed by atoms with Crippen molar-refractivity contribution in [3.63, 3.8) is 0 Å². The highest BCUT2D eigenvalue weighted by atomic mass is 35.5. The summed E-state index contributed by atoms with van der Waals surface area (Å²) in [4.78, 5) is 43.0. The predicted molar refractivity (Wildman–Crippen MR) is 208 cm³/mol. The lowest BCUT2D eigenvalue weighted by atomic mass is 10.1. The molecule has 58 heavy (non-hydrogen) atoms. The third-order valence-corrected chi connectivity index (χ3v) is 10.0. The number of thioether (sulfide) groups is 1. The molecule has 7 aromatic rings. The summed E-state index contributed by atoms with van der Waals surface area (Å²) in [5, 5.41) is 4.30. The lowest BCUT2D eigenvalue weighted by Crippen LogP contribution is -2.25. The molecule has 4 aromatic heterocycles. The minimum absolute atomic E-state index is 0.0614. The van der Waals surface area contributed by atoms with Crippen molar-refractivity contribution in [2.75, 3.05) is 17.6 Å². The molecule has 304 valence electrons. The predicted octanol–water partition coefficient (Wildman–Crippen LogP) is 8.79. The molecule has 7 rings (SSSR count). The Morgan fingerprint density at radius 1 is 0.741 bits per heavy atom. The van der Waals surface area contributed by atoms with Crippen molar-refractivity contribution < 1.29 is 30.7 Å². The molecule has 0 bridgehead atoms. The first kappa shape index (κ1) is 42.2. The van der Waals surface area contributed by atoms with Crippen molar-refractivity contribution in [3.8, 4) is 11.4 Å².